The van der Waals surface area contributed by atoms with Gasteiger partial charge in [0.1, 0.15) is 5.65 Å². The van der Waals surface area contributed by atoms with Crippen molar-refractivity contribution in [1.29, 1.82) is 5.41 Å². The summed E-state index contributed by atoms with van der Waals surface area (Å²) in [6.45, 7) is 1.55. The third kappa shape index (κ3) is 3.04. The zero-order chi connectivity index (χ0) is 12.3. The predicted molar refractivity (Wildman–Crippen MR) is 68.1 cm³/mol. The molecule has 3 N–H and O–H groups in total. The van der Waals surface area contributed by atoms with Crippen LogP contribution in [-0.2, 0) is 6.54 Å². The molecule has 2 aromatic rings. The number of fused-ring (bicyclic) bond motifs is 1. The molecule has 0 aliphatic heterocycles. The maximum absolute atomic E-state index is 7.19. The number of pyridine rings is 1. The zero-order valence-corrected chi connectivity index (χ0v) is 9.93. The first kappa shape index (κ1) is 11.6. The van der Waals surface area contributed by atoms with Crippen LogP contribution in [0.4, 0.5) is 0 Å². The number of aromatic nitrogens is 2. The highest BCUT2D eigenvalue weighted by molar-refractivity contribution is 5.76. The van der Waals surface area contributed by atoms with Crippen molar-refractivity contribution < 1.29 is 0 Å². The van der Waals surface area contributed by atoms with Crippen LogP contribution in [0.1, 0.15) is 12.1 Å². The highest BCUT2D eigenvalue weighted by Crippen LogP contribution is 2.06. The largest absolute Gasteiger partial charge is 0.388 e. The molecule has 90 valence electrons. The molecule has 2 aromatic heterocycles. The van der Waals surface area contributed by atoms with Crippen molar-refractivity contribution in [3.63, 3.8) is 0 Å². The Hall–Kier alpha value is -1.88. The molecule has 0 aliphatic rings. The standard InChI is InChI=1S/C12H17N5/c1-16(7-5-11(13)14)8-10-9-17-6-3-2-4-12(17)15-10/h2-4,6,9H,5,7-8H2,1H3,(H3,13,14). The molecule has 0 saturated heterocycles. The van der Waals surface area contributed by atoms with Gasteiger partial charge in [0, 0.05) is 31.9 Å². The maximum atomic E-state index is 7.19. The lowest BCUT2D eigenvalue weighted by Gasteiger charge is -2.13. The maximum Gasteiger partial charge on any atom is 0.137 e. The quantitative estimate of drug-likeness (QED) is 0.598. The first-order chi connectivity index (χ1) is 8.15. The van der Waals surface area contributed by atoms with Crippen LogP contribution in [0.2, 0.25) is 0 Å². The normalized spacial score (nSPS) is 11.2. The molecule has 2 heterocycles. The summed E-state index contributed by atoms with van der Waals surface area (Å²) in [5.41, 5.74) is 7.32. The molecule has 0 unspecified atom stereocenters. The highest BCUT2D eigenvalue weighted by atomic mass is 15.1. The van der Waals surface area contributed by atoms with Gasteiger partial charge in [-0.25, -0.2) is 4.98 Å². The van der Waals surface area contributed by atoms with Crippen LogP contribution in [0.5, 0.6) is 0 Å². The Labute approximate surface area is 100 Å². The molecule has 17 heavy (non-hydrogen) atoms. The molecule has 0 atom stereocenters. The molecule has 0 aliphatic carbocycles. The lowest BCUT2D eigenvalue weighted by atomic mass is 10.3. The SMILES string of the molecule is CN(CCC(=N)N)Cc1cn2ccccc2n1. The minimum atomic E-state index is 0.229. The van der Waals surface area contributed by atoms with E-state index >= 15 is 0 Å². The third-order valence-corrected chi connectivity index (χ3v) is 2.61. The van der Waals surface area contributed by atoms with Gasteiger partial charge in [-0.1, -0.05) is 6.07 Å². The topological polar surface area (TPSA) is 70.4 Å². The van der Waals surface area contributed by atoms with Crippen LogP contribution in [0.25, 0.3) is 5.65 Å². The molecule has 0 spiro atoms. The summed E-state index contributed by atoms with van der Waals surface area (Å²) in [5.74, 6) is 0.229. The lowest BCUT2D eigenvalue weighted by Crippen LogP contribution is -2.24. The number of rotatable bonds is 5. The second-order valence-corrected chi connectivity index (χ2v) is 4.21. The second-order valence-electron chi connectivity index (χ2n) is 4.21. The number of amidine groups is 1. The number of hydrogen-bond acceptors (Lipinski definition) is 3. The van der Waals surface area contributed by atoms with E-state index in [1.165, 1.54) is 0 Å². The molecule has 2 rings (SSSR count). The van der Waals surface area contributed by atoms with Crippen LogP contribution in [0.15, 0.2) is 30.6 Å². The Morgan fingerprint density at radius 1 is 1.53 bits per heavy atom. The monoisotopic (exact) mass is 231 g/mol. The number of nitrogens with zero attached hydrogens (tertiary/aromatic N) is 3. The summed E-state index contributed by atoms with van der Waals surface area (Å²) < 4.78 is 2.01. The van der Waals surface area contributed by atoms with E-state index in [2.05, 4.69) is 9.88 Å². The number of imidazole rings is 1. The van der Waals surface area contributed by atoms with E-state index in [1.54, 1.807) is 0 Å². The molecule has 5 heteroatoms. The lowest BCUT2D eigenvalue weighted by molar-refractivity contribution is 0.333. The summed E-state index contributed by atoms with van der Waals surface area (Å²) in [4.78, 5) is 6.63. The van der Waals surface area contributed by atoms with E-state index < -0.39 is 0 Å². The first-order valence-electron chi connectivity index (χ1n) is 5.59. The van der Waals surface area contributed by atoms with Crippen molar-refractivity contribution >= 4 is 11.5 Å². The molecule has 0 fully saturated rings. The van der Waals surface area contributed by atoms with E-state index in [0.29, 0.717) is 6.42 Å². The van der Waals surface area contributed by atoms with E-state index in [9.17, 15) is 0 Å². The Morgan fingerprint density at radius 3 is 3.06 bits per heavy atom. The van der Waals surface area contributed by atoms with Crippen molar-refractivity contribution in [2.75, 3.05) is 13.6 Å². The second kappa shape index (κ2) is 4.97. The predicted octanol–water partition coefficient (Wildman–Crippen LogP) is 1.09. The van der Waals surface area contributed by atoms with Crippen molar-refractivity contribution in [3.8, 4) is 0 Å². The molecule has 0 saturated carbocycles. The van der Waals surface area contributed by atoms with Crippen molar-refractivity contribution in [1.82, 2.24) is 14.3 Å². The van der Waals surface area contributed by atoms with Gasteiger partial charge >= 0.3 is 0 Å². The minimum absolute atomic E-state index is 0.229. The molecule has 0 amide bonds. The Bertz CT molecular complexity index is 483. The van der Waals surface area contributed by atoms with Gasteiger partial charge in [0.05, 0.1) is 11.5 Å². The molecule has 0 radical (unpaired) electrons. The van der Waals surface area contributed by atoms with Crippen LogP contribution in [0, 0.1) is 5.41 Å². The van der Waals surface area contributed by atoms with Crippen LogP contribution in [-0.4, -0.2) is 33.7 Å². The highest BCUT2D eigenvalue weighted by Gasteiger charge is 2.05. The van der Waals surface area contributed by atoms with Gasteiger partial charge in [0.25, 0.3) is 0 Å². The molecular formula is C12H17N5. The van der Waals surface area contributed by atoms with Crippen molar-refractivity contribution in [2.45, 2.75) is 13.0 Å². The summed E-state index contributed by atoms with van der Waals surface area (Å²) in [7, 11) is 2.01. The number of nitrogens with two attached hydrogens (primary N) is 1. The van der Waals surface area contributed by atoms with E-state index in [0.717, 1.165) is 24.4 Å². The van der Waals surface area contributed by atoms with Crippen LogP contribution in [0.3, 0.4) is 0 Å². The zero-order valence-electron chi connectivity index (χ0n) is 9.93. The smallest absolute Gasteiger partial charge is 0.137 e. The van der Waals surface area contributed by atoms with Gasteiger partial charge in [-0.05, 0) is 19.2 Å². The van der Waals surface area contributed by atoms with Crippen molar-refractivity contribution in [3.05, 3.63) is 36.3 Å². The molecule has 0 aromatic carbocycles. The van der Waals surface area contributed by atoms with Crippen LogP contribution >= 0.6 is 0 Å². The number of hydrogen-bond donors (Lipinski definition) is 2. The van der Waals surface area contributed by atoms with Crippen LogP contribution < -0.4 is 5.73 Å². The average molecular weight is 231 g/mol. The van der Waals surface area contributed by atoms with E-state index in [1.807, 2.05) is 42.0 Å². The molecule has 5 nitrogen and oxygen atoms in total. The Morgan fingerprint density at radius 2 is 2.35 bits per heavy atom. The fraction of sp³-hybridized carbons (Fsp3) is 0.333. The average Bonchev–Trinajstić information content (AvgIpc) is 2.68. The Balaban J connectivity index is 2.00. The van der Waals surface area contributed by atoms with Gasteiger partial charge in [0.2, 0.25) is 0 Å². The summed E-state index contributed by atoms with van der Waals surface area (Å²) in [6, 6.07) is 5.95. The van der Waals surface area contributed by atoms with Gasteiger partial charge in [-0.2, -0.15) is 0 Å². The fourth-order valence-corrected chi connectivity index (χ4v) is 1.73. The van der Waals surface area contributed by atoms with Gasteiger partial charge in [-0.15, -0.1) is 0 Å². The van der Waals surface area contributed by atoms with Gasteiger partial charge < -0.3 is 15.0 Å². The Kier molecular flexibility index (Phi) is 3.39. The van der Waals surface area contributed by atoms with E-state index in [-0.39, 0.29) is 5.84 Å². The van der Waals surface area contributed by atoms with Gasteiger partial charge in [0.15, 0.2) is 0 Å². The van der Waals surface area contributed by atoms with Crippen molar-refractivity contribution in [2.24, 2.45) is 5.73 Å². The molecule has 0 bridgehead atoms. The first-order valence-corrected chi connectivity index (χ1v) is 5.59. The van der Waals surface area contributed by atoms with Gasteiger partial charge in [-0.3, -0.25) is 5.41 Å². The van der Waals surface area contributed by atoms with E-state index in [4.69, 9.17) is 11.1 Å². The number of nitrogens with one attached hydrogen (secondary N) is 1. The summed E-state index contributed by atoms with van der Waals surface area (Å²) >= 11 is 0. The minimum Gasteiger partial charge on any atom is -0.388 e. The third-order valence-electron chi connectivity index (χ3n) is 2.61. The summed E-state index contributed by atoms with van der Waals surface area (Å²) in [5, 5.41) is 7.19. The molecular weight excluding hydrogens is 214 g/mol. The fourth-order valence-electron chi connectivity index (χ4n) is 1.73. The summed E-state index contributed by atoms with van der Waals surface area (Å²) in [6.07, 6.45) is 4.62.